The SMILES string of the molecule is Cc1ccc(S(=O)(=O)N2CCC[C@H]2[C@@H](O)C(C)(C)C)cc1. The number of nitrogens with zero attached hydrogens (tertiary/aromatic N) is 1. The number of sulfonamides is 1. The number of benzene rings is 1. The van der Waals surface area contributed by atoms with Crippen molar-refractivity contribution in [2.45, 2.75) is 57.6 Å². The molecule has 5 heteroatoms. The molecule has 1 aromatic rings. The highest BCUT2D eigenvalue weighted by molar-refractivity contribution is 7.89. The lowest BCUT2D eigenvalue weighted by Gasteiger charge is -2.35. The summed E-state index contributed by atoms with van der Waals surface area (Å²) < 4.78 is 27.1. The zero-order valence-electron chi connectivity index (χ0n) is 13.2. The molecule has 1 fully saturated rings. The fourth-order valence-electron chi connectivity index (χ4n) is 2.80. The highest BCUT2D eigenvalue weighted by Gasteiger charge is 2.42. The van der Waals surface area contributed by atoms with E-state index in [1.165, 1.54) is 4.31 Å². The Balaban J connectivity index is 2.33. The van der Waals surface area contributed by atoms with E-state index in [2.05, 4.69) is 0 Å². The Labute approximate surface area is 127 Å². The molecule has 21 heavy (non-hydrogen) atoms. The fraction of sp³-hybridized carbons (Fsp3) is 0.625. The Hall–Kier alpha value is -0.910. The van der Waals surface area contributed by atoms with Gasteiger partial charge >= 0.3 is 0 Å². The average molecular weight is 311 g/mol. The first kappa shape index (κ1) is 16.5. The quantitative estimate of drug-likeness (QED) is 0.933. The van der Waals surface area contributed by atoms with Crippen LogP contribution in [0.4, 0.5) is 0 Å². The van der Waals surface area contributed by atoms with Crippen molar-refractivity contribution in [3.63, 3.8) is 0 Å². The normalized spacial score (nSPS) is 22.4. The summed E-state index contributed by atoms with van der Waals surface area (Å²) in [5.74, 6) is 0. The molecule has 0 saturated carbocycles. The van der Waals surface area contributed by atoms with Crippen LogP contribution in [0.3, 0.4) is 0 Å². The first-order valence-electron chi connectivity index (χ1n) is 7.40. The lowest BCUT2D eigenvalue weighted by Crippen LogP contribution is -2.47. The molecule has 1 aromatic carbocycles. The zero-order valence-corrected chi connectivity index (χ0v) is 14.0. The number of rotatable bonds is 3. The standard InChI is InChI=1S/C16H25NO3S/c1-12-7-9-13(10-8-12)21(19,20)17-11-5-6-14(17)15(18)16(2,3)4/h7-10,14-15,18H,5-6,11H2,1-4H3/t14-,15+/m0/s1. The van der Waals surface area contributed by atoms with Crippen LogP contribution in [-0.2, 0) is 10.0 Å². The molecule has 1 heterocycles. The van der Waals surface area contributed by atoms with Gasteiger partial charge in [0.1, 0.15) is 0 Å². The second-order valence-electron chi connectivity index (χ2n) is 6.95. The van der Waals surface area contributed by atoms with Crippen LogP contribution in [0.15, 0.2) is 29.2 Å². The predicted octanol–water partition coefficient (Wildman–Crippen LogP) is 2.56. The predicted molar refractivity (Wildman–Crippen MR) is 83.6 cm³/mol. The van der Waals surface area contributed by atoms with Crippen LogP contribution in [0, 0.1) is 12.3 Å². The lowest BCUT2D eigenvalue weighted by molar-refractivity contribution is 0.0156. The molecule has 4 nitrogen and oxygen atoms in total. The highest BCUT2D eigenvalue weighted by atomic mass is 32.2. The monoisotopic (exact) mass is 311 g/mol. The summed E-state index contributed by atoms with van der Waals surface area (Å²) in [5.41, 5.74) is 0.692. The molecule has 2 rings (SSSR count). The molecule has 0 amide bonds. The van der Waals surface area contributed by atoms with Crippen molar-refractivity contribution >= 4 is 10.0 Å². The van der Waals surface area contributed by atoms with Gasteiger partial charge in [0.25, 0.3) is 0 Å². The van der Waals surface area contributed by atoms with E-state index in [9.17, 15) is 13.5 Å². The minimum atomic E-state index is -3.54. The molecule has 0 aliphatic carbocycles. The summed E-state index contributed by atoms with van der Waals surface area (Å²) in [6.07, 6.45) is 0.840. The van der Waals surface area contributed by atoms with Crippen molar-refractivity contribution in [1.29, 1.82) is 0 Å². The first-order valence-corrected chi connectivity index (χ1v) is 8.84. The van der Waals surface area contributed by atoms with E-state index >= 15 is 0 Å². The van der Waals surface area contributed by atoms with Gasteiger partial charge in [0, 0.05) is 6.54 Å². The fourth-order valence-corrected chi connectivity index (χ4v) is 4.50. The smallest absolute Gasteiger partial charge is 0.243 e. The molecule has 118 valence electrons. The summed E-state index contributed by atoms with van der Waals surface area (Å²) in [4.78, 5) is 0.307. The van der Waals surface area contributed by atoms with Crippen molar-refractivity contribution in [3.8, 4) is 0 Å². The van der Waals surface area contributed by atoms with E-state index in [4.69, 9.17) is 0 Å². The third kappa shape index (κ3) is 3.30. The van der Waals surface area contributed by atoms with Crippen LogP contribution in [-0.4, -0.2) is 36.5 Å². The molecule has 0 unspecified atom stereocenters. The van der Waals surface area contributed by atoms with Gasteiger partial charge in [-0.05, 0) is 37.3 Å². The number of aryl methyl sites for hydroxylation is 1. The Morgan fingerprint density at radius 1 is 1.24 bits per heavy atom. The summed E-state index contributed by atoms with van der Waals surface area (Å²) in [6.45, 7) is 8.22. The number of hydrogen-bond donors (Lipinski definition) is 1. The molecule has 0 radical (unpaired) electrons. The molecule has 0 aromatic heterocycles. The lowest BCUT2D eigenvalue weighted by atomic mass is 9.84. The van der Waals surface area contributed by atoms with Crippen molar-refractivity contribution in [1.82, 2.24) is 4.31 Å². The first-order chi connectivity index (χ1) is 9.64. The topological polar surface area (TPSA) is 57.6 Å². The van der Waals surface area contributed by atoms with Crippen LogP contribution >= 0.6 is 0 Å². The van der Waals surface area contributed by atoms with E-state index in [1.54, 1.807) is 24.3 Å². The average Bonchev–Trinajstić information content (AvgIpc) is 2.87. The van der Waals surface area contributed by atoms with Crippen molar-refractivity contribution in [2.24, 2.45) is 5.41 Å². The minimum Gasteiger partial charge on any atom is -0.391 e. The van der Waals surface area contributed by atoms with Gasteiger partial charge in [0.2, 0.25) is 10.0 Å². The van der Waals surface area contributed by atoms with E-state index in [-0.39, 0.29) is 11.5 Å². The van der Waals surface area contributed by atoms with Crippen LogP contribution < -0.4 is 0 Å². The van der Waals surface area contributed by atoms with Crippen LogP contribution in [0.5, 0.6) is 0 Å². The van der Waals surface area contributed by atoms with Crippen molar-refractivity contribution in [2.75, 3.05) is 6.54 Å². The molecule has 2 atom stereocenters. The number of aliphatic hydroxyl groups is 1. The molecule has 1 aliphatic heterocycles. The van der Waals surface area contributed by atoms with Crippen molar-refractivity contribution < 1.29 is 13.5 Å². The molecule has 0 spiro atoms. The maximum Gasteiger partial charge on any atom is 0.243 e. The second kappa shape index (κ2) is 5.71. The van der Waals surface area contributed by atoms with Gasteiger partial charge in [-0.15, -0.1) is 0 Å². The molecule has 1 aliphatic rings. The number of aliphatic hydroxyl groups excluding tert-OH is 1. The summed E-state index contributed by atoms with van der Waals surface area (Å²) >= 11 is 0. The van der Waals surface area contributed by atoms with Gasteiger partial charge in [-0.3, -0.25) is 0 Å². The molecular formula is C16H25NO3S. The number of hydrogen-bond acceptors (Lipinski definition) is 3. The van der Waals surface area contributed by atoms with E-state index in [1.807, 2.05) is 27.7 Å². The van der Waals surface area contributed by atoms with Crippen LogP contribution in [0.2, 0.25) is 0 Å². The van der Waals surface area contributed by atoms with Gasteiger partial charge in [-0.1, -0.05) is 38.5 Å². The van der Waals surface area contributed by atoms with E-state index in [0.717, 1.165) is 12.0 Å². The largest absolute Gasteiger partial charge is 0.391 e. The third-order valence-electron chi connectivity index (χ3n) is 4.13. The van der Waals surface area contributed by atoms with E-state index < -0.39 is 16.1 Å². The Kier molecular flexibility index (Phi) is 4.47. The highest BCUT2D eigenvalue weighted by Crippen LogP contribution is 2.34. The van der Waals surface area contributed by atoms with Gasteiger partial charge < -0.3 is 5.11 Å². The Morgan fingerprint density at radius 2 is 1.81 bits per heavy atom. The zero-order chi connectivity index (χ0) is 15.8. The van der Waals surface area contributed by atoms with Crippen molar-refractivity contribution in [3.05, 3.63) is 29.8 Å². The Morgan fingerprint density at radius 3 is 2.33 bits per heavy atom. The maximum absolute atomic E-state index is 12.8. The summed E-state index contributed by atoms with van der Waals surface area (Å²) in [7, 11) is -3.54. The third-order valence-corrected chi connectivity index (χ3v) is 6.07. The second-order valence-corrected chi connectivity index (χ2v) is 8.84. The molecule has 0 bridgehead atoms. The Bertz CT molecular complexity index is 587. The van der Waals surface area contributed by atoms with Crippen LogP contribution in [0.1, 0.15) is 39.2 Å². The summed E-state index contributed by atoms with van der Waals surface area (Å²) in [5, 5.41) is 10.5. The molecule has 1 saturated heterocycles. The van der Waals surface area contributed by atoms with Gasteiger partial charge in [0.15, 0.2) is 0 Å². The maximum atomic E-state index is 12.8. The van der Waals surface area contributed by atoms with Gasteiger partial charge in [0.05, 0.1) is 17.0 Å². The molecule has 1 N–H and O–H groups in total. The van der Waals surface area contributed by atoms with Crippen LogP contribution in [0.25, 0.3) is 0 Å². The minimum absolute atomic E-state index is 0.307. The summed E-state index contributed by atoms with van der Waals surface area (Å²) in [6, 6.07) is 6.56. The van der Waals surface area contributed by atoms with Gasteiger partial charge in [-0.25, -0.2) is 8.42 Å². The molecular weight excluding hydrogens is 286 g/mol. The van der Waals surface area contributed by atoms with E-state index in [0.29, 0.717) is 17.9 Å². The van der Waals surface area contributed by atoms with Gasteiger partial charge in [-0.2, -0.15) is 4.31 Å².